The van der Waals surface area contributed by atoms with Crippen LogP contribution in [-0.4, -0.2) is 51.7 Å². The molecule has 7 nitrogen and oxygen atoms in total. The van der Waals surface area contributed by atoms with E-state index in [0.29, 0.717) is 37.1 Å². The topological polar surface area (TPSA) is 77.3 Å². The van der Waals surface area contributed by atoms with Gasteiger partial charge in [0.1, 0.15) is 0 Å². The molecular weight excluding hydrogens is 392 g/mol. The van der Waals surface area contributed by atoms with Crippen molar-refractivity contribution >= 4 is 22.9 Å². The lowest BCUT2D eigenvalue weighted by molar-refractivity contribution is -0.146. The zero-order valence-corrected chi connectivity index (χ0v) is 18.5. The van der Waals surface area contributed by atoms with Crippen molar-refractivity contribution in [3.63, 3.8) is 0 Å². The summed E-state index contributed by atoms with van der Waals surface area (Å²) in [7, 11) is 1.41. The Balaban J connectivity index is 1.73. The van der Waals surface area contributed by atoms with Crippen molar-refractivity contribution in [3.05, 3.63) is 47.7 Å². The molecule has 0 bridgehead atoms. The molecule has 0 unspecified atom stereocenters. The first-order chi connectivity index (χ1) is 14.9. The number of ether oxygens (including phenoxy) is 1. The van der Waals surface area contributed by atoms with E-state index >= 15 is 0 Å². The van der Waals surface area contributed by atoms with E-state index in [1.165, 1.54) is 12.7 Å². The highest BCUT2D eigenvalue weighted by Crippen LogP contribution is 2.29. The molecule has 0 N–H and O–H groups in total. The fourth-order valence-electron chi connectivity index (χ4n) is 4.10. The van der Waals surface area contributed by atoms with Gasteiger partial charge in [-0.2, -0.15) is 5.10 Å². The van der Waals surface area contributed by atoms with Gasteiger partial charge in [-0.1, -0.05) is 29.8 Å². The Bertz CT molecular complexity index is 1110. The molecule has 1 aliphatic heterocycles. The minimum Gasteiger partial charge on any atom is -0.469 e. The van der Waals surface area contributed by atoms with Crippen LogP contribution in [0.25, 0.3) is 22.3 Å². The van der Waals surface area contributed by atoms with Crippen molar-refractivity contribution < 1.29 is 14.3 Å². The third kappa shape index (κ3) is 4.04. The molecule has 0 spiro atoms. The van der Waals surface area contributed by atoms with E-state index < -0.39 is 0 Å². The Kier molecular flexibility index (Phi) is 5.76. The van der Waals surface area contributed by atoms with Crippen LogP contribution in [0.5, 0.6) is 0 Å². The van der Waals surface area contributed by atoms with Crippen molar-refractivity contribution in [2.45, 2.75) is 39.7 Å². The maximum absolute atomic E-state index is 13.5. The maximum atomic E-state index is 13.5. The second-order valence-electron chi connectivity index (χ2n) is 8.43. The molecule has 0 saturated carbocycles. The molecule has 2 aromatic heterocycles. The van der Waals surface area contributed by atoms with Crippen molar-refractivity contribution in [1.82, 2.24) is 19.7 Å². The highest BCUT2D eigenvalue weighted by Gasteiger charge is 2.30. The maximum Gasteiger partial charge on any atom is 0.308 e. The standard InChI is InChI=1S/C24H28N4O3/c1-15(2)28-22-20(14-25-28)19(13-21(26-22)17-7-5-16(3)6-8-17)23(29)27-11-9-18(10-12-27)24(30)31-4/h5-8,13-15,18H,9-12H2,1-4H3. The molecule has 3 heterocycles. The lowest BCUT2D eigenvalue weighted by Crippen LogP contribution is -2.40. The molecule has 1 fully saturated rings. The van der Waals surface area contributed by atoms with Gasteiger partial charge in [-0.3, -0.25) is 9.59 Å². The quantitative estimate of drug-likeness (QED) is 0.596. The summed E-state index contributed by atoms with van der Waals surface area (Å²) in [5, 5.41) is 5.25. The smallest absolute Gasteiger partial charge is 0.308 e. The lowest BCUT2D eigenvalue weighted by Gasteiger charge is -2.31. The zero-order valence-electron chi connectivity index (χ0n) is 18.5. The molecule has 162 valence electrons. The Hall–Kier alpha value is -3.22. The van der Waals surface area contributed by atoms with Crippen LogP contribution in [0.2, 0.25) is 0 Å². The summed E-state index contributed by atoms with van der Waals surface area (Å²) >= 11 is 0. The second kappa shape index (κ2) is 8.49. The fourth-order valence-corrected chi connectivity index (χ4v) is 4.10. The van der Waals surface area contributed by atoms with E-state index in [4.69, 9.17) is 9.72 Å². The number of hydrogen-bond donors (Lipinski definition) is 0. The van der Waals surface area contributed by atoms with Gasteiger partial charge in [0.2, 0.25) is 0 Å². The van der Waals surface area contributed by atoms with Gasteiger partial charge in [0, 0.05) is 24.7 Å². The molecule has 31 heavy (non-hydrogen) atoms. The normalized spacial score (nSPS) is 14.9. The predicted molar refractivity (Wildman–Crippen MR) is 119 cm³/mol. The summed E-state index contributed by atoms with van der Waals surface area (Å²) < 4.78 is 6.72. The van der Waals surface area contributed by atoms with Gasteiger partial charge in [-0.25, -0.2) is 9.67 Å². The number of carbonyl (C=O) groups excluding carboxylic acids is 2. The number of nitrogens with zero attached hydrogens (tertiary/aromatic N) is 4. The van der Waals surface area contributed by atoms with E-state index in [0.717, 1.165) is 16.6 Å². The van der Waals surface area contributed by atoms with Crippen LogP contribution in [0.3, 0.4) is 0 Å². The Labute approximate surface area is 182 Å². The molecule has 3 aromatic rings. The molecular formula is C24H28N4O3. The highest BCUT2D eigenvalue weighted by molar-refractivity contribution is 6.06. The van der Waals surface area contributed by atoms with Crippen LogP contribution >= 0.6 is 0 Å². The molecule has 0 atom stereocenters. The molecule has 0 radical (unpaired) electrons. The number of pyridine rings is 1. The van der Waals surface area contributed by atoms with Gasteiger partial charge in [0.05, 0.1) is 35.9 Å². The third-order valence-electron chi connectivity index (χ3n) is 5.95. The van der Waals surface area contributed by atoms with E-state index in [-0.39, 0.29) is 23.8 Å². The Morgan fingerprint density at radius 2 is 1.81 bits per heavy atom. The van der Waals surface area contributed by atoms with Crippen molar-refractivity contribution in [2.75, 3.05) is 20.2 Å². The SMILES string of the molecule is COC(=O)C1CCN(C(=O)c2cc(-c3ccc(C)cc3)nc3c2cnn3C(C)C)CC1. The average Bonchev–Trinajstić information content (AvgIpc) is 3.22. The highest BCUT2D eigenvalue weighted by atomic mass is 16.5. The largest absolute Gasteiger partial charge is 0.469 e. The molecule has 1 saturated heterocycles. The van der Waals surface area contributed by atoms with Gasteiger partial charge in [-0.15, -0.1) is 0 Å². The fraction of sp³-hybridized carbons (Fsp3) is 0.417. The lowest BCUT2D eigenvalue weighted by atomic mass is 9.96. The molecule has 7 heteroatoms. The van der Waals surface area contributed by atoms with Gasteiger partial charge in [-0.05, 0) is 39.7 Å². The van der Waals surface area contributed by atoms with Crippen molar-refractivity contribution in [1.29, 1.82) is 0 Å². The van der Waals surface area contributed by atoms with Crippen LogP contribution in [0.4, 0.5) is 0 Å². The van der Waals surface area contributed by atoms with Gasteiger partial charge in [0.25, 0.3) is 5.91 Å². The first kappa shape index (κ1) is 21.0. The first-order valence-electron chi connectivity index (χ1n) is 10.7. The summed E-state index contributed by atoms with van der Waals surface area (Å²) in [6, 6.07) is 10.1. The second-order valence-corrected chi connectivity index (χ2v) is 8.43. The van der Waals surface area contributed by atoms with Crippen molar-refractivity contribution in [2.24, 2.45) is 5.92 Å². The monoisotopic (exact) mass is 420 g/mol. The molecule has 1 amide bonds. The molecule has 1 aromatic carbocycles. The van der Waals surface area contributed by atoms with Crippen LogP contribution in [0.15, 0.2) is 36.5 Å². The summed E-state index contributed by atoms with van der Waals surface area (Å²) in [4.78, 5) is 32.0. The predicted octanol–water partition coefficient (Wildman–Crippen LogP) is 4.01. The Morgan fingerprint density at radius 1 is 1.13 bits per heavy atom. The van der Waals surface area contributed by atoms with Gasteiger partial charge in [0.15, 0.2) is 5.65 Å². The number of likely N-dealkylation sites (tertiary alicyclic amines) is 1. The number of benzene rings is 1. The van der Waals surface area contributed by atoms with Gasteiger partial charge >= 0.3 is 5.97 Å². The number of piperidine rings is 1. The number of carbonyl (C=O) groups is 2. The minimum absolute atomic E-state index is 0.0487. The Morgan fingerprint density at radius 3 is 2.42 bits per heavy atom. The van der Waals surface area contributed by atoms with Crippen LogP contribution < -0.4 is 0 Å². The molecule has 0 aliphatic carbocycles. The van der Waals surface area contributed by atoms with E-state index in [1.807, 2.05) is 60.7 Å². The number of aromatic nitrogens is 3. The summed E-state index contributed by atoms with van der Waals surface area (Å²) in [5.41, 5.74) is 4.19. The molecule has 1 aliphatic rings. The average molecular weight is 421 g/mol. The minimum atomic E-state index is -0.196. The number of hydrogen-bond acceptors (Lipinski definition) is 5. The number of aryl methyl sites for hydroxylation is 1. The summed E-state index contributed by atoms with van der Waals surface area (Å²) in [6.45, 7) is 7.19. The van der Waals surface area contributed by atoms with Crippen LogP contribution in [0.1, 0.15) is 48.7 Å². The van der Waals surface area contributed by atoms with Crippen LogP contribution in [0, 0.1) is 12.8 Å². The van der Waals surface area contributed by atoms with Gasteiger partial charge < -0.3 is 9.64 Å². The number of esters is 1. The summed E-state index contributed by atoms with van der Waals surface area (Å²) in [6.07, 6.45) is 2.96. The zero-order chi connectivity index (χ0) is 22.1. The number of rotatable bonds is 4. The van der Waals surface area contributed by atoms with E-state index in [2.05, 4.69) is 5.10 Å². The number of methoxy groups -OCH3 is 1. The third-order valence-corrected chi connectivity index (χ3v) is 5.95. The van der Waals surface area contributed by atoms with E-state index in [1.54, 1.807) is 6.20 Å². The molecule has 4 rings (SSSR count). The summed E-state index contributed by atoms with van der Waals surface area (Å²) in [5.74, 6) is -0.385. The van der Waals surface area contributed by atoms with Crippen LogP contribution in [-0.2, 0) is 9.53 Å². The van der Waals surface area contributed by atoms with E-state index in [9.17, 15) is 9.59 Å². The number of amides is 1. The first-order valence-corrected chi connectivity index (χ1v) is 10.7. The number of fused-ring (bicyclic) bond motifs is 1. The van der Waals surface area contributed by atoms with Crippen molar-refractivity contribution in [3.8, 4) is 11.3 Å².